The number of carbonyl (C=O) groups is 1. The second-order valence-corrected chi connectivity index (χ2v) is 9.89. The molecule has 1 amide bonds. The Hall–Kier alpha value is -3.58. The van der Waals surface area contributed by atoms with Gasteiger partial charge in [-0.1, -0.05) is 54.6 Å². The number of anilines is 1. The van der Waals surface area contributed by atoms with Crippen LogP contribution in [0.4, 0.5) is 5.95 Å². The number of thiazole rings is 1. The first-order valence-corrected chi connectivity index (χ1v) is 12.9. The maximum absolute atomic E-state index is 12.8. The molecule has 0 atom stereocenters. The Kier molecular flexibility index (Phi) is 6.86. The van der Waals surface area contributed by atoms with E-state index in [0.717, 1.165) is 70.7 Å². The van der Waals surface area contributed by atoms with Crippen LogP contribution >= 0.6 is 11.3 Å². The average molecular weight is 484 g/mol. The van der Waals surface area contributed by atoms with Gasteiger partial charge < -0.3 is 10.2 Å². The summed E-state index contributed by atoms with van der Waals surface area (Å²) in [5, 5.41) is 6.22. The normalized spacial score (nSPS) is 14.2. The number of nitrogens with one attached hydrogen (secondary N) is 1. The van der Waals surface area contributed by atoms with Crippen LogP contribution in [0, 0.1) is 19.8 Å². The van der Waals surface area contributed by atoms with Gasteiger partial charge in [0.25, 0.3) is 0 Å². The van der Waals surface area contributed by atoms with Crippen LogP contribution in [0.15, 0.2) is 66.0 Å². The molecule has 1 fully saturated rings. The van der Waals surface area contributed by atoms with Gasteiger partial charge in [0.15, 0.2) is 0 Å². The number of piperidine rings is 1. The summed E-state index contributed by atoms with van der Waals surface area (Å²) in [6.45, 7) is 6.11. The highest BCUT2D eigenvalue weighted by Crippen LogP contribution is 2.29. The van der Waals surface area contributed by atoms with Gasteiger partial charge in [-0.25, -0.2) is 15.0 Å². The number of amides is 1. The fraction of sp³-hybridized carbons (Fsp3) is 0.286. The van der Waals surface area contributed by atoms with E-state index in [2.05, 4.69) is 62.0 Å². The second kappa shape index (κ2) is 10.4. The largest absolute Gasteiger partial charge is 0.352 e. The van der Waals surface area contributed by atoms with E-state index in [-0.39, 0.29) is 11.8 Å². The third kappa shape index (κ3) is 5.57. The maximum atomic E-state index is 12.8. The molecule has 0 bridgehead atoms. The lowest BCUT2D eigenvalue weighted by Crippen LogP contribution is -2.41. The fourth-order valence-electron chi connectivity index (χ4n) is 4.44. The molecule has 0 unspecified atom stereocenters. The summed E-state index contributed by atoms with van der Waals surface area (Å²) < 4.78 is 0. The molecule has 1 N–H and O–H groups in total. The minimum atomic E-state index is 0.0307. The Morgan fingerprint density at radius 2 is 1.63 bits per heavy atom. The third-order valence-corrected chi connectivity index (χ3v) is 7.25. The Morgan fingerprint density at radius 1 is 0.943 bits per heavy atom. The molecule has 35 heavy (non-hydrogen) atoms. The second-order valence-electron chi connectivity index (χ2n) is 9.03. The van der Waals surface area contributed by atoms with Crippen molar-refractivity contribution < 1.29 is 4.79 Å². The SMILES string of the molecule is Cc1cc(C)nc(N2CCC(C(=O)NCc3ccc(-c4nc(-c5ccccc5)cs4)cc3)CC2)n1. The summed E-state index contributed by atoms with van der Waals surface area (Å²) in [7, 11) is 0. The predicted molar refractivity (Wildman–Crippen MR) is 141 cm³/mol. The van der Waals surface area contributed by atoms with E-state index in [1.165, 1.54) is 0 Å². The Morgan fingerprint density at radius 3 is 2.31 bits per heavy atom. The highest BCUT2D eigenvalue weighted by atomic mass is 32.1. The molecular formula is C28H29N5OS. The van der Waals surface area contributed by atoms with Crippen LogP contribution in [-0.4, -0.2) is 33.9 Å². The average Bonchev–Trinajstić information content (AvgIpc) is 3.38. The molecule has 0 spiro atoms. The van der Waals surface area contributed by atoms with Gasteiger partial charge in [0.2, 0.25) is 11.9 Å². The van der Waals surface area contributed by atoms with E-state index >= 15 is 0 Å². The number of rotatable bonds is 6. The smallest absolute Gasteiger partial charge is 0.225 e. The predicted octanol–water partition coefficient (Wildman–Crippen LogP) is 5.42. The van der Waals surface area contributed by atoms with Crippen molar-refractivity contribution in [3.63, 3.8) is 0 Å². The number of carbonyl (C=O) groups excluding carboxylic acids is 1. The van der Waals surface area contributed by atoms with Crippen molar-refractivity contribution in [1.82, 2.24) is 20.3 Å². The van der Waals surface area contributed by atoms with Gasteiger partial charge in [-0.05, 0) is 38.3 Å². The van der Waals surface area contributed by atoms with Gasteiger partial charge in [0.1, 0.15) is 5.01 Å². The monoisotopic (exact) mass is 483 g/mol. The number of nitrogens with zero attached hydrogens (tertiary/aromatic N) is 4. The van der Waals surface area contributed by atoms with Crippen LogP contribution in [-0.2, 0) is 11.3 Å². The molecule has 0 saturated carbocycles. The number of hydrogen-bond donors (Lipinski definition) is 1. The quantitative estimate of drug-likeness (QED) is 0.397. The van der Waals surface area contributed by atoms with Crippen molar-refractivity contribution in [1.29, 1.82) is 0 Å². The van der Waals surface area contributed by atoms with E-state index in [9.17, 15) is 4.79 Å². The first kappa shape index (κ1) is 23.2. The molecule has 0 radical (unpaired) electrons. The van der Waals surface area contributed by atoms with E-state index in [0.29, 0.717) is 6.54 Å². The molecule has 7 heteroatoms. The minimum absolute atomic E-state index is 0.0307. The standard InChI is InChI=1S/C28H29N5OS/c1-19-16-20(2)31-28(30-19)33-14-12-23(13-15-33)26(34)29-17-21-8-10-24(11-9-21)27-32-25(18-35-27)22-6-4-3-5-7-22/h3-11,16,18,23H,12-15,17H2,1-2H3,(H,29,34). The lowest BCUT2D eigenvalue weighted by Gasteiger charge is -2.31. The van der Waals surface area contributed by atoms with E-state index in [1.807, 2.05) is 38.1 Å². The molecule has 5 rings (SSSR count). The molecule has 0 aliphatic carbocycles. The van der Waals surface area contributed by atoms with Gasteiger partial charge >= 0.3 is 0 Å². The molecule has 1 aliphatic rings. The van der Waals surface area contributed by atoms with Crippen LogP contribution in [0.1, 0.15) is 29.8 Å². The van der Waals surface area contributed by atoms with Crippen molar-refractivity contribution in [2.24, 2.45) is 5.92 Å². The zero-order chi connectivity index (χ0) is 24.2. The van der Waals surface area contributed by atoms with E-state index < -0.39 is 0 Å². The van der Waals surface area contributed by atoms with E-state index in [4.69, 9.17) is 4.98 Å². The Labute approximate surface area is 210 Å². The van der Waals surface area contributed by atoms with Crippen molar-refractivity contribution in [3.05, 3.63) is 83.0 Å². The first-order chi connectivity index (χ1) is 17.0. The zero-order valence-electron chi connectivity index (χ0n) is 20.1. The van der Waals surface area contributed by atoms with Crippen molar-refractivity contribution in [3.8, 4) is 21.8 Å². The van der Waals surface area contributed by atoms with E-state index in [1.54, 1.807) is 11.3 Å². The molecular weight excluding hydrogens is 454 g/mol. The highest BCUT2D eigenvalue weighted by molar-refractivity contribution is 7.13. The number of hydrogen-bond acceptors (Lipinski definition) is 6. The lowest BCUT2D eigenvalue weighted by atomic mass is 9.96. The molecule has 4 aromatic rings. The van der Waals surface area contributed by atoms with Gasteiger partial charge in [0.05, 0.1) is 5.69 Å². The molecule has 178 valence electrons. The summed E-state index contributed by atoms with van der Waals surface area (Å²) in [6.07, 6.45) is 1.63. The summed E-state index contributed by atoms with van der Waals surface area (Å²) in [4.78, 5) is 28.9. The van der Waals surface area contributed by atoms with Crippen molar-refractivity contribution >= 4 is 23.2 Å². The first-order valence-electron chi connectivity index (χ1n) is 12.0. The lowest BCUT2D eigenvalue weighted by molar-refractivity contribution is -0.125. The van der Waals surface area contributed by atoms with Crippen molar-refractivity contribution in [2.45, 2.75) is 33.2 Å². The molecule has 6 nitrogen and oxygen atoms in total. The van der Waals surface area contributed by atoms with Crippen LogP contribution in [0.25, 0.3) is 21.8 Å². The summed E-state index contributed by atoms with van der Waals surface area (Å²) >= 11 is 1.65. The summed E-state index contributed by atoms with van der Waals surface area (Å²) in [6, 6.07) is 20.5. The van der Waals surface area contributed by atoms with Crippen LogP contribution in [0.5, 0.6) is 0 Å². The van der Waals surface area contributed by atoms with Gasteiger partial charge in [-0.2, -0.15) is 0 Å². The van der Waals surface area contributed by atoms with Crippen LogP contribution < -0.4 is 10.2 Å². The summed E-state index contributed by atoms with van der Waals surface area (Å²) in [5.74, 6) is 0.934. The topological polar surface area (TPSA) is 71.0 Å². The molecule has 1 saturated heterocycles. The zero-order valence-corrected chi connectivity index (χ0v) is 20.9. The minimum Gasteiger partial charge on any atom is -0.352 e. The molecule has 2 aromatic heterocycles. The molecule has 2 aromatic carbocycles. The maximum Gasteiger partial charge on any atom is 0.225 e. The summed E-state index contributed by atoms with van der Waals surface area (Å²) in [5.41, 5.74) is 6.25. The fourth-order valence-corrected chi connectivity index (χ4v) is 5.27. The van der Waals surface area contributed by atoms with Crippen LogP contribution in [0.3, 0.4) is 0 Å². The number of benzene rings is 2. The van der Waals surface area contributed by atoms with Crippen molar-refractivity contribution in [2.75, 3.05) is 18.0 Å². The number of aromatic nitrogens is 3. The molecule has 3 heterocycles. The number of aryl methyl sites for hydroxylation is 2. The Bertz CT molecular complexity index is 1270. The highest BCUT2D eigenvalue weighted by Gasteiger charge is 2.26. The molecule has 1 aliphatic heterocycles. The Balaban J connectivity index is 1.13. The van der Waals surface area contributed by atoms with Gasteiger partial charge in [0, 0.05) is 53.4 Å². The van der Waals surface area contributed by atoms with Gasteiger partial charge in [-0.3, -0.25) is 4.79 Å². The van der Waals surface area contributed by atoms with Crippen LogP contribution in [0.2, 0.25) is 0 Å². The third-order valence-electron chi connectivity index (χ3n) is 6.36. The van der Waals surface area contributed by atoms with Gasteiger partial charge in [-0.15, -0.1) is 11.3 Å².